The number of carbonyl (C=O) groups is 1. The Morgan fingerprint density at radius 2 is 2.00 bits per heavy atom. The van der Waals surface area contributed by atoms with E-state index in [-0.39, 0.29) is 5.91 Å². The molecular formula is C24H21N5OS. The third kappa shape index (κ3) is 5.30. The number of nitriles is 1. The van der Waals surface area contributed by atoms with Crippen molar-refractivity contribution in [2.24, 2.45) is 0 Å². The Labute approximate surface area is 185 Å². The number of carbonyl (C=O) groups excluding carboxylic acids is 1. The van der Waals surface area contributed by atoms with E-state index in [4.69, 9.17) is 5.26 Å². The maximum Gasteiger partial charge on any atom is 0.254 e. The lowest BCUT2D eigenvalue weighted by atomic mass is 10.1. The van der Waals surface area contributed by atoms with Gasteiger partial charge in [0.05, 0.1) is 18.2 Å². The van der Waals surface area contributed by atoms with Gasteiger partial charge in [-0.2, -0.15) is 5.26 Å². The van der Waals surface area contributed by atoms with E-state index in [0.717, 1.165) is 27.6 Å². The Hall–Kier alpha value is -3.63. The molecule has 6 nitrogen and oxygen atoms in total. The van der Waals surface area contributed by atoms with E-state index in [1.165, 1.54) is 0 Å². The van der Waals surface area contributed by atoms with Crippen LogP contribution in [0.2, 0.25) is 0 Å². The molecule has 7 heteroatoms. The molecule has 0 aliphatic carbocycles. The number of pyridine rings is 2. The maximum absolute atomic E-state index is 13.0. The second-order valence-electron chi connectivity index (χ2n) is 7.01. The maximum atomic E-state index is 13.0. The molecule has 0 spiro atoms. The second kappa shape index (κ2) is 9.92. The first kappa shape index (κ1) is 20.6. The fraction of sp³-hybridized carbons (Fsp3) is 0.167. The normalized spacial score (nSPS) is 10.7. The topological polar surface area (TPSA) is 74.3 Å². The first-order valence-electron chi connectivity index (χ1n) is 9.93. The molecule has 0 atom stereocenters. The molecule has 31 heavy (non-hydrogen) atoms. The van der Waals surface area contributed by atoms with E-state index >= 15 is 0 Å². The van der Waals surface area contributed by atoms with Gasteiger partial charge in [0.25, 0.3) is 5.91 Å². The summed E-state index contributed by atoms with van der Waals surface area (Å²) in [5, 5.41) is 8.96. The largest absolute Gasteiger partial charge is 0.333 e. The molecule has 0 aliphatic heterocycles. The Bertz CT molecular complexity index is 1170. The summed E-state index contributed by atoms with van der Waals surface area (Å²) in [6, 6.07) is 19.4. The van der Waals surface area contributed by atoms with E-state index in [1.807, 2.05) is 71.4 Å². The molecule has 1 amide bonds. The SMILES string of the molecule is N#CCCN(Cc1cccnc1)C(=O)c1ccc(SCc2cn3ccccc3n2)cc1. The molecule has 0 unspecified atom stereocenters. The van der Waals surface area contributed by atoms with Gasteiger partial charge in [0.2, 0.25) is 0 Å². The Morgan fingerprint density at radius 1 is 1.13 bits per heavy atom. The molecule has 4 aromatic rings. The van der Waals surface area contributed by atoms with Crippen LogP contribution >= 0.6 is 11.8 Å². The zero-order valence-electron chi connectivity index (χ0n) is 16.9. The number of aromatic nitrogens is 3. The average molecular weight is 428 g/mol. The van der Waals surface area contributed by atoms with E-state index < -0.39 is 0 Å². The lowest BCUT2D eigenvalue weighted by Gasteiger charge is -2.21. The van der Waals surface area contributed by atoms with Crippen LogP contribution in [0.4, 0.5) is 0 Å². The zero-order valence-corrected chi connectivity index (χ0v) is 17.7. The minimum absolute atomic E-state index is 0.0870. The summed E-state index contributed by atoms with van der Waals surface area (Å²) in [7, 11) is 0. The third-order valence-corrected chi connectivity index (χ3v) is 5.82. The van der Waals surface area contributed by atoms with Crippen LogP contribution in [0.15, 0.2) is 84.3 Å². The highest BCUT2D eigenvalue weighted by molar-refractivity contribution is 7.98. The van der Waals surface area contributed by atoms with Gasteiger partial charge in [-0.15, -0.1) is 11.8 Å². The lowest BCUT2D eigenvalue weighted by Crippen LogP contribution is -2.31. The molecule has 1 aromatic carbocycles. The van der Waals surface area contributed by atoms with Crippen LogP contribution in [0, 0.1) is 11.3 Å². The number of amides is 1. The van der Waals surface area contributed by atoms with Gasteiger partial charge >= 0.3 is 0 Å². The van der Waals surface area contributed by atoms with Crippen molar-refractivity contribution in [3.05, 3.63) is 96.2 Å². The monoisotopic (exact) mass is 427 g/mol. The lowest BCUT2D eigenvalue weighted by molar-refractivity contribution is 0.0746. The van der Waals surface area contributed by atoms with Crippen LogP contribution in [0.3, 0.4) is 0 Å². The van der Waals surface area contributed by atoms with Crippen molar-refractivity contribution in [1.82, 2.24) is 19.3 Å². The van der Waals surface area contributed by atoms with Gasteiger partial charge in [0.1, 0.15) is 5.65 Å². The predicted molar refractivity (Wildman–Crippen MR) is 120 cm³/mol. The summed E-state index contributed by atoms with van der Waals surface area (Å²) in [6.07, 6.45) is 7.75. The predicted octanol–water partition coefficient (Wildman–Crippen LogP) is 4.58. The number of hydrogen-bond donors (Lipinski definition) is 0. The third-order valence-electron chi connectivity index (χ3n) is 4.78. The average Bonchev–Trinajstić information content (AvgIpc) is 3.24. The van der Waals surface area contributed by atoms with Crippen molar-refractivity contribution in [2.75, 3.05) is 6.54 Å². The summed E-state index contributed by atoms with van der Waals surface area (Å²) in [5.41, 5.74) is 3.49. The van der Waals surface area contributed by atoms with Crippen LogP contribution in [0.25, 0.3) is 5.65 Å². The molecule has 0 N–H and O–H groups in total. The zero-order chi connectivity index (χ0) is 21.5. The molecule has 0 radical (unpaired) electrons. The van der Waals surface area contributed by atoms with Crippen LogP contribution < -0.4 is 0 Å². The first-order chi connectivity index (χ1) is 15.2. The Kier molecular flexibility index (Phi) is 6.60. The fourth-order valence-electron chi connectivity index (χ4n) is 3.24. The number of nitrogens with zero attached hydrogens (tertiary/aromatic N) is 5. The van der Waals surface area contributed by atoms with Gasteiger partial charge in [0, 0.05) is 54.1 Å². The molecule has 0 bridgehead atoms. The molecular weight excluding hydrogens is 406 g/mol. The summed E-state index contributed by atoms with van der Waals surface area (Å²) in [5.74, 6) is 0.667. The van der Waals surface area contributed by atoms with Crippen molar-refractivity contribution in [3.63, 3.8) is 0 Å². The fourth-order valence-corrected chi connectivity index (χ4v) is 4.02. The van der Waals surface area contributed by atoms with E-state index in [2.05, 4.69) is 16.0 Å². The highest BCUT2D eigenvalue weighted by Gasteiger charge is 2.16. The highest BCUT2D eigenvalue weighted by Crippen LogP contribution is 2.23. The van der Waals surface area contributed by atoms with Crippen molar-refractivity contribution < 1.29 is 4.79 Å². The minimum Gasteiger partial charge on any atom is -0.333 e. The smallest absolute Gasteiger partial charge is 0.254 e. The first-order valence-corrected chi connectivity index (χ1v) is 10.9. The summed E-state index contributed by atoms with van der Waals surface area (Å²) in [4.78, 5) is 24.5. The van der Waals surface area contributed by atoms with Crippen LogP contribution in [-0.4, -0.2) is 31.7 Å². The van der Waals surface area contributed by atoms with Gasteiger partial charge in [0.15, 0.2) is 0 Å². The van der Waals surface area contributed by atoms with Gasteiger partial charge in [-0.3, -0.25) is 9.78 Å². The minimum atomic E-state index is -0.0870. The quantitative estimate of drug-likeness (QED) is 0.385. The van der Waals surface area contributed by atoms with Crippen molar-refractivity contribution in [1.29, 1.82) is 5.26 Å². The summed E-state index contributed by atoms with van der Waals surface area (Å²) in [6.45, 7) is 0.813. The summed E-state index contributed by atoms with van der Waals surface area (Å²) < 4.78 is 2.01. The van der Waals surface area contributed by atoms with E-state index in [0.29, 0.717) is 25.1 Å². The van der Waals surface area contributed by atoms with Gasteiger partial charge in [-0.25, -0.2) is 4.98 Å². The molecule has 0 aliphatic rings. The molecule has 154 valence electrons. The number of rotatable bonds is 8. The molecule has 3 aromatic heterocycles. The molecule has 0 saturated heterocycles. The highest BCUT2D eigenvalue weighted by atomic mass is 32.2. The summed E-state index contributed by atoms with van der Waals surface area (Å²) >= 11 is 1.68. The van der Waals surface area contributed by atoms with Crippen molar-refractivity contribution in [2.45, 2.75) is 23.6 Å². The van der Waals surface area contributed by atoms with Crippen molar-refractivity contribution >= 4 is 23.3 Å². The molecule has 0 fully saturated rings. The van der Waals surface area contributed by atoms with Crippen LogP contribution in [0.5, 0.6) is 0 Å². The van der Waals surface area contributed by atoms with Crippen LogP contribution in [-0.2, 0) is 12.3 Å². The standard InChI is InChI=1S/C24H21N5OS/c25-11-4-14-29(16-19-5-3-12-26-15-19)24(30)20-7-9-22(10-8-20)31-18-21-17-28-13-2-1-6-23(28)27-21/h1-3,5-10,12-13,15,17H,4,14,16,18H2. The number of hydrogen-bond acceptors (Lipinski definition) is 5. The van der Waals surface area contributed by atoms with E-state index in [1.54, 1.807) is 29.1 Å². The molecule has 4 rings (SSSR count). The van der Waals surface area contributed by atoms with Gasteiger partial charge < -0.3 is 9.30 Å². The van der Waals surface area contributed by atoms with Gasteiger partial charge in [-0.05, 0) is 48.0 Å². The Morgan fingerprint density at radius 3 is 2.74 bits per heavy atom. The van der Waals surface area contributed by atoms with Gasteiger partial charge in [-0.1, -0.05) is 12.1 Å². The Balaban J connectivity index is 1.41. The molecule has 3 heterocycles. The number of thioether (sulfide) groups is 1. The molecule has 0 saturated carbocycles. The second-order valence-corrected chi connectivity index (χ2v) is 8.06. The number of fused-ring (bicyclic) bond motifs is 1. The number of benzene rings is 1. The van der Waals surface area contributed by atoms with Crippen molar-refractivity contribution in [3.8, 4) is 6.07 Å². The van der Waals surface area contributed by atoms with Crippen LogP contribution in [0.1, 0.15) is 28.0 Å². The van der Waals surface area contributed by atoms with E-state index in [9.17, 15) is 4.79 Å². The number of imidazole rings is 1.